The van der Waals surface area contributed by atoms with Gasteiger partial charge in [0.1, 0.15) is 5.82 Å². The molecule has 1 saturated heterocycles. The van der Waals surface area contributed by atoms with Gasteiger partial charge in [-0.05, 0) is 43.0 Å². The van der Waals surface area contributed by atoms with E-state index in [0.29, 0.717) is 25.9 Å². The Morgan fingerprint density at radius 3 is 2.35 bits per heavy atom. The number of benzene rings is 1. The maximum absolute atomic E-state index is 12.9. The minimum atomic E-state index is -3.73. The van der Waals surface area contributed by atoms with Crippen LogP contribution in [-0.4, -0.2) is 49.4 Å². The molecule has 1 aliphatic heterocycles. The Bertz CT molecular complexity index is 743. The molecule has 1 atom stereocenters. The van der Waals surface area contributed by atoms with Gasteiger partial charge in [-0.2, -0.15) is 0 Å². The highest BCUT2D eigenvalue weighted by molar-refractivity contribution is 7.89. The van der Waals surface area contributed by atoms with Crippen molar-refractivity contribution in [1.82, 2.24) is 9.62 Å². The fraction of sp³-hybridized carbons (Fsp3) is 0.529. The number of carbonyl (C=O) groups is 2. The van der Waals surface area contributed by atoms with Crippen LogP contribution in [0, 0.1) is 11.7 Å². The maximum Gasteiger partial charge on any atom is 0.303 e. The minimum absolute atomic E-state index is 0.0000913. The van der Waals surface area contributed by atoms with Gasteiger partial charge in [0.25, 0.3) is 0 Å². The highest BCUT2D eigenvalue weighted by atomic mass is 32.2. The third-order valence-electron chi connectivity index (χ3n) is 4.34. The quantitative estimate of drug-likeness (QED) is 0.741. The summed E-state index contributed by atoms with van der Waals surface area (Å²) in [6.07, 6.45) is 1.05. The molecule has 0 bridgehead atoms. The topological polar surface area (TPSA) is 104 Å². The molecule has 9 heteroatoms. The van der Waals surface area contributed by atoms with Crippen LogP contribution < -0.4 is 4.72 Å². The summed E-state index contributed by atoms with van der Waals surface area (Å²) in [6.45, 7) is 2.54. The summed E-state index contributed by atoms with van der Waals surface area (Å²) >= 11 is 0. The molecule has 0 aromatic heterocycles. The maximum atomic E-state index is 12.9. The average Bonchev–Trinajstić information content (AvgIpc) is 2.54. The fourth-order valence-corrected chi connectivity index (χ4v) is 4.25. The van der Waals surface area contributed by atoms with E-state index in [0.717, 1.165) is 12.1 Å². The monoisotopic (exact) mass is 386 g/mol. The minimum Gasteiger partial charge on any atom is -0.481 e. The van der Waals surface area contributed by atoms with E-state index in [1.165, 1.54) is 12.1 Å². The number of carboxylic acid groups (broad SMARTS) is 1. The van der Waals surface area contributed by atoms with Crippen molar-refractivity contribution in [3.8, 4) is 0 Å². The molecule has 1 aliphatic rings. The summed E-state index contributed by atoms with van der Waals surface area (Å²) in [5.41, 5.74) is 0. The SMILES string of the molecule is CC(CC(=O)O)CC(=O)N1CCC(NS(=O)(=O)c2ccc(F)cc2)CC1. The Balaban J connectivity index is 1.85. The number of sulfonamides is 1. The molecule has 1 heterocycles. The van der Waals surface area contributed by atoms with Crippen LogP contribution in [0.5, 0.6) is 0 Å². The predicted molar refractivity (Wildman–Crippen MR) is 92.4 cm³/mol. The van der Waals surface area contributed by atoms with Crippen molar-refractivity contribution in [2.75, 3.05) is 13.1 Å². The lowest BCUT2D eigenvalue weighted by Gasteiger charge is -2.32. The zero-order valence-electron chi connectivity index (χ0n) is 14.5. The smallest absolute Gasteiger partial charge is 0.303 e. The number of likely N-dealkylation sites (tertiary alicyclic amines) is 1. The number of hydrogen-bond acceptors (Lipinski definition) is 4. The van der Waals surface area contributed by atoms with Crippen molar-refractivity contribution in [2.45, 2.75) is 43.5 Å². The van der Waals surface area contributed by atoms with Crippen LogP contribution >= 0.6 is 0 Å². The fourth-order valence-electron chi connectivity index (χ4n) is 2.95. The van der Waals surface area contributed by atoms with Crippen molar-refractivity contribution in [2.24, 2.45) is 5.92 Å². The predicted octanol–water partition coefficient (Wildman–Crippen LogP) is 1.60. The molecular weight excluding hydrogens is 363 g/mol. The molecular formula is C17H23FN2O5S. The van der Waals surface area contributed by atoms with E-state index in [9.17, 15) is 22.4 Å². The Morgan fingerprint density at radius 1 is 1.23 bits per heavy atom. The van der Waals surface area contributed by atoms with Crippen LogP contribution in [0.3, 0.4) is 0 Å². The van der Waals surface area contributed by atoms with Crippen LogP contribution in [0.15, 0.2) is 29.2 Å². The molecule has 1 aromatic carbocycles. The van der Waals surface area contributed by atoms with Gasteiger partial charge in [0.15, 0.2) is 0 Å². The normalized spacial score (nSPS) is 17.1. The zero-order valence-corrected chi connectivity index (χ0v) is 15.3. The van der Waals surface area contributed by atoms with E-state index >= 15 is 0 Å². The van der Waals surface area contributed by atoms with Crippen LogP contribution in [0.4, 0.5) is 4.39 Å². The van der Waals surface area contributed by atoms with Crippen molar-refractivity contribution < 1.29 is 27.5 Å². The molecule has 7 nitrogen and oxygen atoms in total. The highest BCUT2D eigenvalue weighted by Crippen LogP contribution is 2.18. The van der Waals surface area contributed by atoms with Crippen LogP contribution in [-0.2, 0) is 19.6 Å². The first-order chi connectivity index (χ1) is 12.2. The van der Waals surface area contributed by atoms with Crippen molar-refractivity contribution >= 4 is 21.9 Å². The van der Waals surface area contributed by atoms with Crippen LogP contribution in [0.25, 0.3) is 0 Å². The van der Waals surface area contributed by atoms with Crippen molar-refractivity contribution in [3.63, 3.8) is 0 Å². The molecule has 1 fully saturated rings. The molecule has 1 aromatic rings. The van der Waals surface area contributed by atoms with Gasteiger partial charge in [-0.15, -0.1) is 0 Å². The molecule has 0 aliphatic carbocycles. The summed E-state index contributed by atoms with van der Waals surface area (Å²) in [7, 11) is -3.73. The first kappa shape index (κ1) is 20.3. The number of piperidine rings is 1. The van der Waals surface area contributed by atoms with E-state index in [1.54, 1.807) is 11.8 Å². The molecule has 0 saturated carbocycles. The summed E-state index contributed by atoms with van der Waals surface area (Å²) in [4.78, 5) is 24.5. The number of nitrogens with zero attached hydrogens (tertiary/aromatic N) is 1. The van der Waals surface area contributed by atoms with E-state index in [1.807, 2.05) is 0 Å². The second-order valence-corrected chi connectivity index (χ2v) is 8.35. The van der Waals surface area contributed by atoms with Gasteiger partial charge in [-0.1, -0.05) is 6.92 Å². The van der Waals surface area contributed by atoms with E-state index < -0.39 is 21.8 Å². The summed E-state index contributed by atoms with van der Waals surface area (Å²) in [6, 6.07) is 4.30. The molecule has 0 spiro atoms. The Hall–Kier alpha value is -2.00. The second-order valence-electron chi connectivity index (χ2n) is 6.64. The first-order valence-electron chi connectivity index (χ1n) is 8.45. The van der Waals surface area contributed by atoms with Gasteiger partial charge >= 0.3 is 5.97 Å². The number of carboxylic acids is 1. The molecule has 144 valence electrons. The van der Waals surface area contributed by atoms with E-state index in [-0.39, 0.29) is 35.6 Å². The largest absolute Gasteiger partial charge is 0.481 e. The van der Waals surface area contributed by atoms with Crippen molar-refractivity contribution in [3.05, 3.63) is 30.1 Å². The molecule has 0 radical (unpaired) electrons. The van der Waals surface area contributed by atoms with Crippen LogP contribution in [0.2, 0.25) is 0 Å². The molecule has 2 rings (SSSR count). The zero-order chi connectivity index (χ0) is 19.3. The Morgan fingerprint density at radius 2 is 1.81 bits per heavy atom. The summed E-state index contributed by atoms with van der Waals surface area (Å²) in [5, 5.41) is 8.75. The molecule has 1 amide bonds. The van der Waals surface area contributed by atoms with Gasteiger partial charge in [0.05, 0.1) is 4.90 Å². The third kappa shape index (κ3) is 5.77. The highest BCUT2D eigenvalue weighted by Gasteiger charge is 2.27. The van der Waals surface area contributed by atoms with Gasteiger partial charge in [0, 0.05) is 32.0 Å². The Labute approximate surface area is 152 Å². The third-order valence-corrected chi connectivity index (χ3v) is 5.88. The number of nitrogens with one attached hydrogen (secondary N) is 1. The number of amides is 1. The van der Waals surface area contributed by atoms with Gasteiger partial charge < -0.3 is 10.0 Å². The second kappa shape index (κ2) is 8.59. The van der Waals surface area contributed by atoms with Crippen molar-refractivity contribution in [1.29, 1.82) is 0 Å². The Kier molecular flexibility index (Phi) is 6.71. The standard InChI is InChI=1S/C17H23FN2O5S/c1-12(11-17(22)23)10-16(21)20-8-6-14(7-9-20)19-26(24,25)15-4-2-13(18)3-5-15/h2-5,12,14,19H,6-11H2,1H3,(H,22,23). The molecule has 26 heavy (non-hydrogen) atoms. The average molecular weight is 386 g/mol. The molecule has 2 N–H and O–H groups in total. The number of halogens is 1. The summed E-state index contributed by atoms with van der Waals surface area (Å²) in [5.74, 6) is -1.79. The lowest BCUT2D eigenvalue weighted by atomic mass is 10.0. The number of rotatable bonds is 7. The lowest BCUT2D eigenvalue weighted by Crippen LogP contribution is -2.46. The summed E-state index contributed by atoms with van der Waals surface area (Å²) < 4.78 is 40.1. The van der Waals surface area contributed by atoms with Gasteiger partial charge in [-0.3, -0.25) is 9.59 Å². The number of hydrogen-bond donors (Lipinski definition) is 2. The van der Waals surface area contributed by atoms with E-state index in [4.69, 9.17) is 5.11 Å². The lowest BCUT2D eigenvalue weighted by molar-refractivity contribution is -0.138. The van der Waals surface area contributed by atoms with Gasteiger partial charge in [0.2, 0.25) is 15.9 Å². The van der Waals surface area contributed by atoms with Crippen LogP contribution in [0.1, 0.15) is 32.6 Å². The number of aliphatic carboxylic acids is 1. The van der Waals surface area contributed by atoms with Gasteiger partial charge in [-0.25, -0.2) is 17.5 Å². The first-order valence-corrected chi connectivity index (χ1v) is 9.93. The number of carbonyl (C=O) groups excluding carboxylic acids is 1. The molecule has 1 unspecified atom stereocenters. The van der Waals surface area contributed by atoms with E-state index in [2.05, 4.69) is 4.72 Å².